The van der Waals surface area contributed by atoms with E-state index in [2.05, 4.69) is 20.8 Å². The predicted molar refractivity (Wildman–Crippen MR) is 59.9 cm³/mol. The Morgan fingerprint density at radius 1 is 1.46 bits per heavy atom. The van der Waals surface area contributed by atoms with Crippen molar-refractivity contribution >= 4 is 17.7 Å². The van der Waals surface area contributed by atoms with Crippen molar-refractivity contribution in [1.82, 2.24) is 4.90 Å². The topological polar surface area (TPSA) is 20.3 Å². The molecule has 0 spiro atoms. The Balaban J connectivity index is 0.000000671. The van der Waals surface area contributed by atoms with Crippen molar-refractivity contribution in [2.45, 2.75) is 52.5 Å². The van der Waals surface area contributed by atoms with E-state index in [4.69, 9.17) is 0 Å². The minimum atomic E-state index is 0.00521. The summed E-state index contributed by atoms with van der Waals surface area (Å²) in [6, 6.07) is 0.396. The van der Waals surface area contributed by atoms with E-state index in [9.17, 15) is 4.79 Å². The van der Waals surface area contributed by atoms with Crippen molar-refractivity contribution in [3.05, 3.63) is 0 Å². The van der Waals surface area contributed by atoms with Crippen LogP contribution in [0, 0.1) is 0 Å². The van der Waals surface area contributed by atoms with E-state index >= 15 is 0 Å². The predicted octanol–water partition coefficient (Wildman–Crippen LogP) is 2.73. The van der Waals surface area contributed by atoms with Crippen LogP contribution in [0.1, 0.15) is 41.5 Å². The van der Waals surface area contributed by atoms with Crippen LogP contribution in [0.15, 0.2) is 0 Å². The quantitative estimate of drug-likeness (QED) is 0.603. The van der Waals surface area contributed by atoms with E-state index in [1.54, 1.807) is 6.92 Å². The van der Waals surface area contributed by atoms with Crippen LogP contribution in [0.25, 0.3) is 0 Å². The van der Waals surface area contributed by atoms with E-state index in [1.807, 2.05) is 30.5 Å². The van der Waals surface area contributed by atoms with Gasteiger partial charge in [-0.15, -0.1) is 11.8 Å². The van der Waals surface area contributed by atoms with Crippen LogP contribution in [0.5, 0.6) is 0 Å². The molecule has 1 aliphatic rings. The number of carbonyl (C=O) groups is 1. The largest absolute Gasteiger partial charge is 0.325 e. The molecule has 0 saturated carbocycles. The number of hydrogen-bond donors (Lipinski definition) is 0. The molecular weight excluding hydrogens is 182 g/mol. The van der Waals surface area contributed by atoms with Gasteiger partial charge in [0.1, 0.15) is 0 Å². The second-order valence-electron chi connectivity index (χ2n) is 3.50. The van der Waals surface area contributed by atoms with Crippen molar-refractivity contribution < 1.29 is 4.79 Å². The zero-order chi connectivity index (χ0) is 10.6. The molecule has 1 amide bonds. The van der Waals surface area contributed by atoms with Crippen LogP contribution in [0.2, 0.25) is 0 Å². The second kappa shape index (κ2) is 4.89. The maximum absolute atomic E-state index is 11.2. The fourth-order valence-corrected chi connectivity index (χ4v) is 2.93. The maximum atomic E-state index is 11.2. The summed E-state index contributed by atoms with van der Waals surface area (Å²) in [4.78, 5) is 13.1. The van der Waals surface area contributed by atoms with Crippen LogP contribution in [0.4, 0.5) is 0 Å². The molecule has 0 bridgehead atoms. The Labute approximate surface area is 86.1 Å². The second-order valence-corrected chi connectivity index (χ2v) is 5.12. The number of thioether (sulfide) groups is 1. The third-order valence-electron chi connectivity index (χ3n) is 2.04. The van der Waals surface area contributed by atoms with Crippen molar-refractivity contribution in [2.75, 3.05) is 5.75 Å². The molecule has 1 rings (SSSR count). The Bertz CT molecular complexity index is 180. The molecule has 78 valence electrons. The summed E-state index contributed by atoms with van der Waals surface area (Å²) in [6.45, 7) is 11.9. The van der Waals surface area contributed by atoms with E-state index in [0.717, 1.165) is 5.75 Å². The van der Waals surface area contributed by atoms with Crippen LogP contribution < -0.4 is 0 Å². The summed E-state index contributed by atoms with van der Waals surface area (Å²) in [5.41, 5.74) is 0. The standard InChI is InChI=1S/C8H15NOS.C2H6/c1-6-5-11-8(3,4)9(6)7(2)10;1-2/h6H,5H2,1-4H3;1-2H3. The molecule has 0 aromatic heterocycles. The molecule has 0 aromatic carbocycles. The van der Waals surface area contributed by atoms with Gasteiger partial charge in [0.05, 0.1) is 4.87 Å². The number of nitrogens with zero attached hydrogens (tertiary/aromatic N) is 1. The summed E-state index contributed by atoms with van der Waals surface area (Å²) >= 11 is 1.85. The lowest BCUT2D eigenvalue weighted by Crippen LogP contribution is -2.44. The number of hydrogen-bond acceptors (Lipinski definition) is 2. The van der Waals surface area contributed by atoms with Crippen LogP contribution in [0.3, 0.4) is 0 Å². The molecule has 0 radical (unpaired) electrons. The van der Waals surface area contributed by atoms with Gasteiger partial charge in [0.25, 0.3) is 0 Å². The average molecular weight is 203 g/mol. The van der Waals surface area contributed by atoms with Gasteiger partial charge < -0.3 is 4.90 Å². The van der Waals surface area contributed by atoms with Gasteiger partial charge in [-0.3, -0.25) is 4.79 Å². The monoisotopic (exact) mass is 203 g/mol. The van der Waals surface area contributed by atoms with Crippen molar-refractivity contribution in [3.8, 4) is 0 Å². The number of carbonyl (C=O) groups excluding carboxylic acids is 1. The van der Waals surface area contributed by atoms with Crippen molar-refractivity contribution in [3.63, 3.8) is 0 Å². The Morgan fingerprint density at radius 2 is 1.92 bits per heavy atom. The molecule has 1 saturated heterocycles. The molecular formula is C10H21NOS. The third kappa shape index (κ3) is 2.90. The van der Waals surface area contributed by atoms with Crippen LogP contribution >= 0.6 is 11.8 Å². The SMILES string of the molecule is CC.CC(=O)N1C(C)CSC1(C)C. The van der Waals surface area contributed by atoms with Gasteiger partial charge in [-0.2, -0.15) is 0 Å². The van der Waals surface area contributed by atoms with Gasteiger partial charge in [-0.1, -0.05) is 13.8 Å². The van der Waals surface area contributed by atoms with Crippen LogP contribution in [-0.2, 0) is 4.79 Å². The highest BCUT2D eigenvalue weighted by Gasteiger charge is 2.39. The zero-order valence-corrected chi connectivity index (χ0v) is 10.4. The highest BCUT2D eigenvalue weighted by molar-refractivity contribution is 8.00. The third-order valence-corrected chi connectivity index (χ3v) is 3.59. The number of amides is 1. The molecule has 2 nitrogen and oxygen atoms in total. The molecule has 1 heterocycles. The van der Waals surface area contributed by atoms with Crippen LogP contribution in [-0.4, -0.2) is 27.5 Å². The first-order chi connectivity index (χ1) is 5.95. The minimum Gasteiger partial charge on any atom is -0.325 e. The lowest BCUT2D eigenvalue weighted by Gasteiger charge is -2.32. The average Bonchev–Trinajstić information content (AvgIpc) is 2.29. The van der Waals surface area contributed by atoms with Gasteiger partial charge in [-0.05, 0) is 20.8 Å². The Kier molecular flexibility index (Phi) is 4.82. The molecule has 1 aliphatic heterocycles. The zero-order valence-electron chi connectivity index (χ0n) is 9.55. The molecule has 13 heavy (non-hydrogen) atoms. The summed E-state index contributed by atoms with van der Waals surface area (Å²) in [5, 5.41) is 0. The first-order valence-electron chi connectivity index (χ1n) is 4.89. The Morgan fingerprint density at radius 3 is 2.08 bits per heavy atom. The van der Waals surface area contributed by atoms with Gasteiger partial charge >= 0.3 is 0 Å². The minimum absolute atomic E-state index is 0.00521. The fraction of sp³-hybridized carbons (Fsp3) is 0.900. The summed E-state index contributed by atoms with van der Waals surface area (Å²) < 4.78 is 0. The maximum Gasteiger partial charge on any atom is 0.220 e. The molecule has 0 aliphatic carbocycles. The van der Waals surface area contributed by atoms with E-state index in [-0.39, 0.29) is 10.8 Å². The summed E-state index contributed by atoms with van der Waals surface area (Å²) in [6.07, 6.45) is 0. The summed E-state index contributed by atoms with van der Waals surface area (Å²) in [5.74, 6) is 1.25. The van der Waals surface area contributed by atoms with Gasteiger partial charge in [0.2, 0.25) is 5.91 Å². The molecule has 1 fully saturated rings. The van der Waals surface area contributed by atoms with E-state index in [0.29, 0.717) is 6.04 Å². The lowest BCUT2D eigenvalue weighted by atomic mass is 10.2. The van der Waals surface area contributed by atoms with E-state index in [1.165, 1.54) is 0 Å². The molecule has 1 atom stereocenters. The van der Waals surface area contributed by atoms with Gasteiger partial charge in [-0.25, -0.2) is 0 Å². The molecule has 0 N–H and O–H groups in total. The molecule has 1 unspecified atom stereocenters. The first kappa shape index (κ1) is 12.8. The first-order valence-corrected chi connectivity index (χ1v) is 5.87. The van der Waals surface area contributed by atoms with Crippen molar-refractivity contribution in [2.24, 2.45) is 0 Å². The molecule has 3 heteroatoms. The number of rotatable bonds is 0. The lowest BCUT2D eigenvalue weighted by molar-refractivity contribution is -0.132. The molecule has 0 aromatic rings. The van der Waals surface area contributed by atoms with Gasteiger partial charge in [0.15, 0.2) is 0 Å². The van der Waals surface area contributed by atoms with Gasteiger partial charge in [0, 0.05) is 18.7 Å². The Hall–Kier alpha value is -0.180. The van der Waals surface area contributed by atoms with E-state index < -0.39 is 0 Å². The highest BCUT2D eigenvalue weighted by atomic mass is 32.2. The smallest absolute Gasteiger partial charge is 0.220 e. The normalized spacial score (nSPS) is 25.1. The highest BCUT2D eigenvalue weighted by Crippen LogP contribution is 2.38. The van der Waals surface area contributed by atoms with Crippen molar-refractivity contribution in [1.29, 1.82) is 0 Å². The fourth-order valence-electron chi connectivity index (χ4n) is 1.69. The summed E-state index contributed by atoms with van der Waals surface area (Å²) in [7, 11) is 0.